The molecular weight excluding hydrogens is 359 g/mol. The maximum Gasteiger partial charge on any atom is 0.326 e. The number of nitrogens with zero attached hydrogens (tertiary/aromatic N) is 2. The van der Waals surface area contributed by atoms with Crippen LogP contribution in [0.4, 0.5) is 0 Å². The Kier molecular flexibility index (Phi) is 5.69. The second kappa shape index (κ2) is 7.55. The maximum absolute atomic E-state index is 12.1. The van der Waals surface area contributed by atoms with Gasteiger partial charge < -0.3 is 19.3 Å². The molecule has 0 aliphatic heterocycles. The molecule has 24 heavy (non-hydrogen) atoms. The summed E-state index contributed by atoms with van der Waals surface area (Å²) in [5.41, 5.74) is -0.0190. The van der Waals surface area contributed by atoms with Crippen molar-refractivity contribution in [1.82, 2.24) is 10.1 Å². The van der Waals surface area contributed by atoms with Gasteiger partial charge in [-0.25, -0.2) is 4.79 Å². The summed E-state index contributed by atoms with van der Waals surface area (Å²) in [5, 5.41) is 13.2. The molecule has 0 bridgehead atoms. The molecule has 1 unspecified atom stereocenters. The van der Waals surface area contributed by atoms with Crippen LogP contribution < -0.4 is 4.74 Å². The van der Waals surface area contributed by atoms with Crippen LogP contribution in [0.25, 0.3) is 0 Å². The Morgan fingerprint density at radius 3 is 2.58 bits per heavy atom. The van der Waals surface area contributed by atoms with Gasteiger partial charge >= 0.3 is 5.97 Å². The van der Waals surface area contributed by atoms with Crippen molar-refractivity contribution in [2.75, 3.05) is 7.05 Å². The van der Waals surface area contributed by atoms with Crippen LogP contribution in [-0.2, 0) is 11.4 Å². The van der Waals surface area contributed by atoms with Gasteiger partial charge in [0.25, 0.3) is 5.91 Å². The zero-order valence-electron chi connectivity index (χ0n) is 12.8. The van der Waals surface area contributed by atoms with E-state index in [0.29, 0.717) is 15.8 Å². The molecule has 1 heterocycles. The molecule has 0 fully saturated rings. The van der Waals surface area contributed by atoms with E-state index in [9.17, 15) is 9.59 Å². The summed E-state index contributed by atoms with van der Waals surface area (Å²) in [6.07, 6.45) is 0. The van der Waals surface area contributed by atoms with Gasteiger partial charge in [0.2, 0.25) is 0 Å². The van der Waals surface area contributed by atoms with Crippen LogP contribution in [-0.4, -0.2) is 40.1 Å². The van der Waals surface area contributed by atoms with Crippen molar-refractivity contribution in [3.05, 3.63) is 45.8 Å². The first kappa shape index (κ1) is 18.1. The first-order valence-electron chi connectivity index (χ1n) is 6.83. The van der Waals surface area contributed by atoms with E-state index in [2.05, 4.69) is 5.16 Å². The van der Waals surface area contributed by atoms with E-state index in [1.54, 1.807) is 18.2 Å². The van der Waals surface area contributed by atoms with E-state index in [1.807, 2.05) is 0 Å². The van der Waals surface area contributed by atoms with Gasteiger partial charge in [-0.2, -0.15) is 0 Å². The third kappa shape index (κ3) is 3.98. The molecule has 2 aromatic rings. The Balaban J connectivity index is 2.06. The lowest BCUT2D eigenvalue weighted by atomic mass is 10.2. The van der Waals surface area contributed by atoms with Crippen molar-refractivity contribution in [3.8, 4) is 5.75 Å². The molecule has 9 heteroatoms. The van der Waals surface area contributed by atoms with Crippen LogP contribution in [0.15, 0.2) is 28.8 Å². The molecule has 1 aromatic carbocycles. The number of carboxylic acids is 1. The summed E-state index contributed by atoms with van der Waals surface area (Å²) in [6.45, 7) is 1.35. The fourth-order valence-electron chi connectivity index (χ4n) is 1.77. The van der Waals surface area contributed by atoms with Crippen molar-refractivity contribution >= 4 is 35.1 Å². The van der Waals surface area contributed by atoms with E-state index >= 15 is 0 Å². The molecule has 1 atom stereocenters. The van der Waals surface area contributed by atoms with Crippen LogP contribution in [0.3, 0.4) is 0 Å². The summed E-state index contributed by atoms with van der Waals surface area (Å²) < 4.78 is 10.5. The molecule has 0 radical (unpaired) electrons. The van der Waals surface area contributed by atoms with Gasteiger partial charge in [0.05, 0.1) is 10.0 Å². The van der Waals surface area contributed by atoms with E-state index in [1.165, 1.54) is 20.0 Å². The zero-order valence-corrected chi connectivity index (χ0v) is 14.3. The molecule has 1 amide bonds. The zero-order chi connectivity index (χ0) is 17.9. The standard InChI is InChI=1S/C15H14Cl2N2O5/c1-8(15(21)22)19(2)14(20)12-6-9(24-18-12)7-23-13-10(16)4-3-5-11(13)17/h3-6,8H,7H2,1-2H3,(H,21,22). The predicted molar refractivity (Wildman–Crippen MR) is 86.5 cm³/mol. The second-order valence-electron chi connectivity index (χ2n) is 4.95. The number of amides is 1. The number of carboxylic acid groups (broad SMARTS) is 1. The molecule has 0 saturated carbocycles. The first-order valence-corrected chi connectivity index (χ1v) is 7.59. The topological polar surface area (TPSA) is 92.9 Å². The van der Waals surface area contributed by atoms with E-state index in [4.69, 9.17) is 37.6 Å². The average Bonchev–Trinajstić information content (AvgIpc) is 3.01. The average molecular weight is 373 g/mol. The summed E-state index contributed by atoms with van der Waals surface area (Å²) in [5.74, 6) is -1.13. The molecule has 128 valence electrons. The van der Waals surface area contributed by atoms with Gasteiger partial charge in [-0.1, -0.05) is 34.4 Å². The van der Waals surface area contributed by atoms with Crippen molar-refractivity contribution in [2.45, 2.75) is 19.6 Å². The lowest BCUT2D eigenvalue weighted by Crippen LogP contribution is -2.40. The molecule has 7 nitrogen and oxygen atoms in total. The number of aromatic nitrogens is 1. The molecule has 0 saturated heterocycles. The molecular formula is C15H14Cl2N2O5. The molecule has 0 aliphatic carbocycles. The number of hydrogen-bond acceptors (Lipinski definition) is 5. The van der Waals surface area contributed by atoms with E-state index in [-0.39, 0.29) is 18.1 Å². The summed E-state index contributed by atoms with van der Waals surface area (Å²) in [7, 11) is 1.37. The summed E-state index contributed by atoms with van der Waals surface area (Å²) in [6, 6.07) is 5.32. The molecule has 0 spiro atoms. The summed E-state index contributed by atoms with van der Waals surface area (Å²) >= 11 is 12.0. The Morgan fingerprint density at radius 1 is 1.38 bits per heavy atom. The SMILES string of the molecule is CC(C(=O)O)N(C)C(=O)c1cc(COc2c(Cl)cccc2Cl)on1. The van der Waals surface area contributed by atoms with Crippen molar-refractivity contribution in [2.24, 2.45) is 0 Å². The van der Waals surface area contributed by atoms with Crippen LogP contribution in [0.2, 0.25) is 10.0 Å². The number of benzene rings is 1. The summed E-state index contributed by atoms with van der Waals surface area (Å²) in [4.78, 5) is 24.1. The normalized spacial score (nSPS) is 11.8. The van der Waals surface area contributed by atoms with Crippen LogP contribution in [0.1, 0.15) is 23.2 Å². The predicted octanol–water partition coefficient (Wildman–Crippen LogP) is 3.11. The highest BCUT2D eigenvalue weighted by molar-refractivity contribution is 6.37. The monoisotopic (exact) mass is 372 g/mol. The number of ether oxygens (including phenoxy) is 1. The fourth-order valence-corrected chi connectivity index (χ4v) is 2.27. The number of aliphatic carboxylic acids is 1. The fraction of sp³-hybridized carbons (Fsp3) is 0.267. The highest BCUT2D eigenvalue weighted by atomic mass is 35.5. The number of carbonyl (C=O) groups excluding carboxylic acids is 1. The maximum atomic E-state index is 12.1. The van der Waals surface area contributed by atoms with Crippen molar-refractivity contribution < 1.29 is 24.0 Å². The Bertz CT molecular complexity index is 742. The van der Waals surface area contributed by atoms with Crippen LogP contribution in [0.5, 0.6) is 5.75 Å². The van der Waals surface area contributed by atoms with Gasteiger partial charge in [-0.3, -0.25) is 4.79 Å². The minimum absolute atomic E-state index is 0.0190. The van der Waals surface area contributed by atoms with Crippen LogP contribution >= 0.6 is 23.2 Å². The number of para-hydroxylation sites is 1. The minimum Gasteiger partial charge on any atom is -0.482 e. The number of halogens is 2. The highest BCUT2D eigenvalue weighted by Gasteiger charge is 2.25. The lowest BCUT2D eigenvalue weighted by molar-refractivity contribution is -0.141. The highest BCUT2D eigenvalue weighted by Crippen LogP contribution is 2.32. The number of carbonyl (C=O) groups is 2. The van der Waals surface area contributed by atoms with E-state index < -0.39 is 17.9 Å². The van der Waals surface area contributed by atoms with Crippen molar-refractivity contribution in [3.63, 3.8) is 0 Å². The molecule has 1 N–H and O–H groups in total. The third-order valence-corrected chi connectivity index (χ3v) is 3.91. The van der Waals surface area contributed by atoms with Crippen molar-refractivity contribution in [1.29, 1.82) is 0 Å². The third-order valence-electron chi connectivity index (χ3n) is 3.31. The first-order chi connectivity index (χ1) is 11.3. The van der Waals surface area contributed by atoms with Gasteiger partial charge in [0, 0.05) is 13.1 Å². The molecule has 0 aliphatic rings. The molecule has 2 rings (SSSR count). The van der Waals surface area contributed by atoms with Gasteiger partial charge in [0.1, 0.15) is 12.6 Å². The van der Waals surface area contributed by atoms with Gasteiger partial charge in [-0.15, -0.1) is 0 Å². The number of hydrogen-bond donors (Lipinski definition) is 1. The smallest absolute Gasteiger partial charge is 0.326 e. The molecule has 1 aromatic heterocycles. The van der Waals surface area contributed by atoms with E-state index in [0.717, 1.165) is 4.90 Å². The Labute approximate surface area is 147 Å². The lowest BCUT2D eigenvalue weighted by Gasteiger charge is -2.19. The van der Waals surface area contributed by atoms with Gasteiger partial charge in [0.15, 0.2) is 17.2 Å². The van der Waals surface area contributed by atoms with Crippen LogP contribution in [0, 0.1) is 0 Å². The second-order valence-corrected chi connectivity index (χ2v) is 5.76. The quantitative estimate of drug-likeness (QED) is 0.837. The number of rotatable bonds is 6. The Hall–Kier alpha value is -2.25. The number of likely N-dealkylation sites (N-methyl/N-ethyl adjacent to an activating group) is 1. The Morgan fingerprint density at radius 2 is 2.00 bits per heavy atom. The largest absolute Gasteiger partial charge is 0.482 e. The minimum atomic E-state index is -1.12. The van der Waals surface area contributed by atoms with Gasteiger partial charge in [-0.05, 0) is 19.1 Å².